The number of halogens is 1. The Bertz CT molecular complexity index is 97.9. The number of aliphatic hydroxyl groups is 1. The van der Waals surface area contributed by atoms with Crippen molar-refractivity contribution in [1.29, 1.82) is 0 Å². The molecule has 0 aliphatic heterocycles. The van der Waals surface area contributed by atoms with E-state index in [1.807, 2.05) is 0 Å². The molecule has 0 heterocycles. The van der Waals surface area contributed by atoms with Crippen LogP contribution in [0.15, 0.2) is 0 Å². The first-order chi connectivity index (χ1) is 5.52. The van der Waals surface area contributed by atoms with E-state index in [4.69, 9.17) is 22.4 Å². The second-order valence-electron chi connectivity index (χ2n) is 3.62. The van der Waals surface area contributed by atoms with E-state index in [0.29, 0.717) is 11.4 Å². The predicted molar refractivity (Wildman–Crippen MR) is 53.4 cm³/mol. The molecule has 0 aromatic rings. The van der Waals surface area contributed by atoms with E-state index >= 15 is 0 Å². The van der Waals surface area contributed by atoms with Gasteiger partial charge in [-0.15, -0.1) is 11.6 Å². The maximum atomic E-state index is 8.06. The van der Waals surface area contributed by atoms with E-state index in [2.05, 4.69) is 0 Å². The zero-order valence-electron chi connectivity index (χ0n) is 7.96. The highest BCUT2D eigenvalue weighted by molar-refractivity contribution is 6.20. The van der Waals surface area contributed by atoms with Gasteiger partial charge in [0.05, 0.1) is 0 Å². The van der Waals surface area contributed by atoms with Gasteiger partial charge in [-0.05, 0) is 33.1 Å². The fourth-order valence-corrected chi connectivity index (χ4v) is 1.55. The second-order valence-corrected chi connectivity index (χ2v) is 4.23. The van der Waals surface area contributed by atoms with Gasteiger partial charge in [-0.3, -0.25) is 0 Å². The van der Waals surface area contributed by atoms with Crippen molar-refractivity contribution in [2.75, 3.05) is 0 Å². The van der Waals surface area contributed by atoms with E-state index in [1.165, 1.54) is 12.8 Å². The molecule has 0 radical (unpaired) electrons. The number of aliphatic hydroxyl groups excluding tert-OH is 1. The molecular formula is C9H20ClNO. The zero-order chi connectivity index (χ0) is 9.56. The third kappa shape index (κ3) is 8.31. The third-order valence-electron chi connectivity index (χ3n) is 1.65. The maximum absolute atomic E-state index is 8.06. The van der Waals surface area contributed by atoms with Crippen LogP contribution in [-0.2, 0) is 0 Å². The number of hydrogen-bond acceptors (Lipinski definition) is 2. The molecular weight excluding hydrogens is 174 g/mol. The molecule has 12 heavy (non-hydrogen) atoms. The molecule has 3 heteroatoms. The fraction of sp³-hybridized carbons (Fsp3) is 1.00. The van der Waals surface area contributed by atoms with Crippen molar-refractivity contribution >= 4 is 11.6 Å². The van der Waals surface area contributed by atoms with Gasteiger partial charge in [0, 0.05) is 17.5 Å². The molecule has 0 bridgehead atoms. The van der Waals surface area contributed by atoms with Crippen molar-refractivity contribution < 1.29 is 5.11 Å². The normalized spacial score (nSPS) is 29.5. The van der Waals surface area contributed by atoms with Crippen LogP contribution in [0.25, 0.3) is 0 Å². The first-order valence-electron chi connectivity index (χ1n) is 4.60. The largest absolute Gasteiger partial charge is 0.394 e. The van der Waals surface area contributed by atoms with E-state index in [1.54, 1.807) is 13.8 Å². The van der Waals surface area contributed by atoms with Crippen LogP contribution in [0.4, 0.5) is 0 Å². The molecule has 0 saturated heterocycles. The summed E-state index contributed by atoms with van der Waals surface area (Å²) >= 11 is 5.83. The molecule has 0 spiro atoms. The highest BCUT2D eigenvalue weighted by Gasteiger charge is 2.15. The van der Waals surface area contributed by atoms with Gasteiger partial charge in [-0.25, -0.2) is 0 Å². The molecule has 0 amide bonds. The molecule has 0 aromatic carbocycles. The van der Waals surface area contributed by atoms with Crippen LogP contribution in [-0.4, -0.2) is 22.6 Å². The Morgan fingerprint density at radius 2 is 1.92 bits per heavy atom. The number of rotatable bonds is 0. The smallest absolute Gasteiger partial charge is 0.0483 e. The Kier molecular flexibility index (Phi) is 6.81. The lowest BCUT2D eigenvalue weighted by atomic mass is 9.96. The standard InChI is InChI=1S/C6H12ClN.C3H8O/c7-5-2-1-3-6(8)4-5;1-3(2)4/h5-6H,1-4,8H2;3-4H,1-2H3. The van der Waals surface area contributed by atoms with Crippen LogP contribution in [0.1, 0.15) is 39.5 Å². The molecule has 0 aromatic heterocycles. The molecule has 2 atom stereocenters. The molecule has 1 fully saturated rings. The molecule has 1 aliphatic rings. The van der Waals surface area contributed by atoms with Crippen LogP contribution in [0.2, 0.25) is 0 Å². The summed E-state index contributed by atoms with van der Waals surface area (Å²) in [4.78, 5) is 0. The van der Waals surface area contributed by atoms with Crippen molar-refractivity contribution in [2.24, 2.45) is 5.73 Å². The molecule has 1 aliphatic carbocycles. The minimum absolute atomic E-state index is 0.167. The lowest BCUT2D eigenvalue weighted by Gasteiger charge is -2.21. The van der Waals surface area contributed by atoms with Crippen molar-refractivity contribution in [1.82, 2.24) is 0 Å². The third-order valence-corrected chi connectivity index (χ3v) is 2.05. The van der Waals surface area contributed by atoms with Crippen molar-refractivity contribution in [3.05, 3.63) is 0 Å². The Morgan fingerprint density at radius 1 is 1.42 bits per heavy atom. The lowest BCUT2D eigenvalue weighted by molar-refractivity contribution is 0.216. The number of alkyl halides is 1. The Labute approximate surface area is 80.1 Å². The van der Waals surface area contributed by atoms with E-state index in [-0.39, 0.29) is 6.10 Å². The van der Waals surface area contributed by atoms with Gasteiger partial charge in [0.15, 0.2) is 0 Å². The Morgan fingerprint density at radius 3 is 2.17 bits per heavy atom. The summed E-state index contributed by atoms with van der Waals surface area (Å²) in [6.45, 7) is 3.44. The predicted octanol–water partition coefficient (Wildman–Crippen LogP) is 1.88. The molecule has 1 saturated carbocycles. The SMILES string of the molecule is CC(C)O.NC1CCCC(Cl)C1. The van der Waals surface area contributed by atoms with Gasteiger partial charge >= 0.3 is 0 Å². The molecule has 2 unspecified atom stereocenters. The minimum Gasteiger partial charge on any atom is -0.394 e. The molecule has 2 nitrogen and oxygen atoms in total. The van der Waals surface area contributed by atoms with Gasteiger partial charge in [0.2, 0.25) is 0 Å². The number of nitrogens with two attached hydrogens (primary N) is 1. The highest BCUT2D eigenvalue weighted by Crippen LogP contribution is 2.20. The van der Waals surface area contributed by atoms with Gasteiger partial charge < -0.3 is 10.8 Å². The first kappa shape index (κ1) is 12.2. The van der Waals surface area contributed by atoms with E-state index < -0.39 is 0 Å². The molecule has 1 rings (SSSR count). The first-order valence-corrected chi connectivity index (χ1v) is 5.03. The van der Waals surface area contributed by atoms with Crippen molar-refractivity contribution in [3.63, 3.8) is 0 Å². The summed E-state index contributed by atoms with van der Waals surface area (Å²) in [5.74, 6) is 0. The van der Waals surface area contributed by atoms with Gasteiger partial charge in [0.25, 0.3) is 0 Å². The molecule has 74 valence electrons. The summed E-state index contributed by atoms with van der Waals surface area (Å²) in [5, 5.41) is 8.42. The van der Waals surface area contributed by atoms with Crippen LogP contribution >= 0.6 is 11.6 Å². The van der Waals surface area contributed by atoms with Crippen LogP contribution < -0.4 is 5.73 Å². The Hall–Kier alpha value is 0.210. The average molecular weight is 194 g/mol. The maximum Gasteiger partial charge on any atom is 0.0483 e. The lowest BCUT2D eigenvalue weighted by Crippen LogP contribution is -2.27. The summed E-state index contributed by atoms with van der Waals surface area (Å²) in [7, 11) is 0. The highest BCUT2D eigenvalue weighted by atomic mass is 35.5. The topological polar surface area (TPSA) is 46.2 Å². The summed E-state index contributed by atoms with van der Waals surface area (Å²) in [6.07, 6.45) is 4.40. The second kappa shape index (κ2) is 6.70. The minimum atomic E-state index is -0.167. The zero-order valence-corrected chi connectivity index (χ0v) is 8.72. The van der Waals surface area contributed by atoms with Crippen molar-refractivity contribution in [3.8, 4) is 0 Å². The quantitative estimate of drug-likeness (QED) is 0.578. The van der Waals surface area contributed by atoms with Crippen LogP contribution in [0, 0.1) is 0 Å². The van der Waals surface area contributed by atoms with Gasteiger partial charge in [-0.2, -0.15) is 0 Å². The van der Waals surface area contributed by atoms with Gasteiger partial charge in [-0.1, -0.05) is 6.42 Å². The van der Waals surface area contributed by atoms with Crippen LogP contribution in [0.5, 0.6) is 0 Å². The Balaban J connectivity index is 0.000000261. The number of hydrogen-bond donors (Lipinski definition) is 2. The summed E-state index contributed by atoms with van der Waals surface area (Å²) in [6, 6.07) is 0.381. The van der Waals surface area contributed by atoms with Crippen LogP contribution in [0.3, 0.4) is 0 Å². The summed E-state index contributed by atoms with van der Waals surface area (Å²) in [5.41, 5.74) is 5.64. The summed E-state index contributed by atoms with van der Waals surface area (Å²) < 4.78 is 0. The van der Waals surface area contributed by atoms with Crippen molar-refractivity contribution in [2.45, 2.75) is 57.1 Å². The van der Waals surface area contributed by atoms with Gasteiger partial charge in [0.1, 0.15) is 0 Å². The molecule has 3 N–H and O–H groups in total. The fourth-order valence-electron chi connectivity index (χ4n) is 1.17. The average Bonchev–Trinajstić information content (AvgIpc) is 1.84. The monoisotopic (exact) mass is 193 g/mol. The van der Waals surface area contributed by atoms with E-state index in [9.17, 15) is 0 Å². The van der Waals surface area contributed by atoms with E-state index in [0.717, 1.165) is 12.8 Å².